The minimum atomic E-state index is -1.15. The summed E-state index contributed by atoms with van der Waals surface area (Å²) in [5.41, 5.74) is 0.290. The zero-order chi connectivity index (χ0) is 14.4. The average Bonchev–Trinajstić information content (AvgIpc) is 2.29. The van der Waals surface area contributed by atoms with E-state index in [2.05, 4.69) is 5.32 Å². The lowest BCUT2D eigenvalue weighted by atomic mass is 10.2. The van der Waals surface area contributed by atoms with Gasteiger partial charge in [-0.1, -0.05) is 6.07 Å². The van der Waals surface area contributed by atoms with E-state index in [-0.39, 0.29) is 11.5 Å². The molecule has 2 N–H and O–H groups in total. The molecule has 0 aromatic heterocycles. The Bertz CT molecular complexity index is 482. The first-order chi connectivity index (χ1) is 8.90. The van der Waals surface area contributed by atoms with Gasteiger partial charge in [-0.05, 0) is 11.6 Å². The lowest BCUT2D eigenvalue weighted by molar-refractivity contribution is -0.140. The smallest absolute Gasteiger partial charge is 0.327 e. The molecular formula is C12H13F2NO3S. The first kappa shape index (κ1) is 15.4. The maximum atomic E-state index is 13.3. The summed E-state index contributed by atoms with van der Waals surface area (Å²) in [4.78, 5) is 21.6. The fraction of sp³-hybridized carbons (Fsp3) is 0.333. The molecule has 0 fully saturated rings. The van der Waals surface area contributed by atoms with Gasteiger partial charge >= 0.3 is 5.97 Å². The second kappa shape index (κ2) is 7.08. The summed E-state index contributed by atoms with van der Waals surface area (Å²) in [5.74, 6) is -2.61. The van der Waals surface area contributed by atoms with Crippen molar-refractivity contribution in [2.75, 3.05) is 5.75 Å². The molecule has 19 heavy (non-hydrogen) atoms. The van der Waals surface area contributed by atoms with Crippen molar-refractivity contribution in [1.29, 1.82) is 0 Å². The third-order valence-electron chi connectivity index (χ3n) is 2.23. The molecule has 0 saturated carbocycles. The Morgan fingerprint density at radius 2 is 2.11 bits per heavy atom. The van der Waals surface area contributed by atoms with E-state index in [1.807, 2.05) is 0 Å². The van der Waals surface area contributed by atoms with Crippen LogP contribution in [0.1, 0.15) is 12.5 Å². The van der Waals surface area contributed by atoms with Crippen molar-refractivity contribution >= 4 is 23.6 Å². The second-order valence-corrected chi connectivity index (χ2v) is 4.87. The number of halogens is 2. The number of nitrogens with one attached hydrogen (secondary N) is 1. The number of thioether (sulfide) groups is 1. The number of hydrogen-bond acceptors (Lipinski definition) is 3. The quantitative estimate of drug-likeness (QED) is 0.838. The number of carboxylic acids is 1. The number of amides is 1. The standard InChI is InChI=1S/C12H13F2NO3S/c1-7(16)15-11(12(17)18)6-19-5-8-2-3-9(13)4-10(8)14/h2-4,11H,5-6H2,1H3,(H,15,16)(H,17,18)/t11-/m0/s1. The van der Waals surface area contributed by atoms with Crippen LogP contribution in [0.5, 0.6) is 0 Å². The summed E-state index contributed by atoms with van der Waals surface area (Å²) in [6.07, 6.45) is 0. The first-order valence-corrected chi connectivity index (χ1v) is 6.57. The molecular weight excluding hydrogens is 276 g/mol. The molecule has 1 atom stereocenters. The van der Waals surface area contributed by atoms with Gasteiger partial charge < -0.3 is 10.4 Å². The summed E-state index contributed by atoms with van der Waals surface area (Å²) in [7, 11) is 0. The van der Waals surface area contributed by atoms with Crippen molar-refractivity contribution < 1.29 is 23.5 Å². The molecule has 7 heteroatoms. The number of carbonyl (C=O) groups is 2. The van der Waals surface area contributed by atoms with E-state index in [4.69, 9.17) is 5.11 Å². The molecule has 0 radical (unpaired) electrons. The molecule has 1 aromatic rings. The highest BCUT2D eigenvalue weighted by Gasteiger charge is 2.18. The topological polar surface area (TPSA) is 66.4 Å². The van der Waals surface area contributed by atoms with Crippen molar-refractivity contribution in [2.24, 2.45) is 0 Å². The molecule has 0 aliphatic carbocycles. The predicted octanol–water partition coefficient (Wildman–Crippen LogP) is 1.79. The van der Waals surface area contributed by atoms with E-state index >= 15 is 0 Å². The number of aliphatic carboxylic acids is 1. The van der Waals surface area contributed by atoms with Gasteiger partial charge in [0.15, 0.2) is 0 Å². The predicted molar refractivity (Wildman–Crippen MR) is 67.8 cm³/mol. The van der Waals surface area contributed by atoms with Gasteiger partial charge in [-0.15, -0.1) is 0 Å². The van der Waals surface area contributed by atoms with E-state index in [1.54, 1.807) is 0 Å². The van der Waals surface area contributed by atoms with Crippen LogP contribution >= 0.6 is 11.8 Å². The van der Waals surface area contributed by atoms with Crippen LogP contribution in [0, 0.1) is 11.6 Å². The molecule has 0 spiro atoms. The van der Waals surface area contributed by atoms with Crippen LogP contribution in [0.4, 0.5) is 8.78 Å². The highest BCUT2D eigenvalue weighted by atomic mass is 32.2. The number of benzene rings is 1. The lowest BCUT2D eigenvalue weighted by Crippen LogP contribution is -2.41. The Labute approximate surface area is 113 Å². The van der Waals surface area contributed by atoms with Crippen LogP contribution in [0.25, 0.3) is 0 Å². The molecule has 0 aliphatic rings. The summed E-state index contributed by atoms with van der Waals surface area (Å²) >= 11 is 1.15. The Kier molecular flexibility index (Phi) is 5.75. The third kappa shape index (κ3) is 5.25. The average molecular weight is 289 g/mol. The molecule has 1 aromatic carbocycles. The first-order valence-electron chi connectivity index (χ1n) is 5.41. The SMILES string of the molecule is CC(=O)N[C@@H](CSCc1ccc(F)cc1F)C(=O)O. The largest absolute Gasteiger partial charge is 0.480 e. The fourth-order valence-electron chi connectivity index (χ4n) is 1.35. The van der Waals surface area contributed by atoms with E-state index in [0.717, 1.165) is 23.9 Å². The second-order valence-electron chi connectivity index (χ2n) is 3.84. The van der Waals surface area contributed by atoms with E-state index in [1.165, 1.54) is 13.0 Å². The van der Waals surface area contributed by atoms with Gasteiger partial charge in [0, 0.05) is 24.5 Å². The van der Waals surface area contributed by atoms with Crippen molar-refractivity contribution in [1.82, 2.24) is 5.32 Å². The third-order valence-corrected chi connectivity index (χ3v) is 3.32. The highest BCUT2D eigenvalue weighted by molar-refractivity contribution is 7.98. The van der Waals surface area contributed by atoms with E-state index in [0.29, 0.717) is 5.56 Å². The normalized spacial score (nSPS) is 11.9. The Balaban J connectivity index is 2.52. The summed E-state index contributed by atoms with van der Waals surface area (Å²) in [6.45, 7) is 1.22. The van der Waals surface area contributed by atoms with Crippen LogP contribution in [0.15, 0.2) is 18.2 Å². The molecule has 104 valence electrons. The molecule has 1 rings (SSSR count). The zero-order valence-corrected chi connectivity index (χ0v) is 11.0. The lowest BCUT2D eigenvalue weighted by Gasteiger charge is -2.12. The van der Waals surface area contributed by atoms with Gasteiger partial charge in [0.2, 0.25) is 5.91 Å². The number of hydrogen-bond donors (Lipinski definition) is 2. The molecule has 0 bridgehead atoms. The van der Waals surface area contributed by atoms with Gasteiger partial charge in [0.05, 0.1) is 0 Å². The molecule has 0 heterocycles. The van der Waals surface area contributed by atoms with Crippen molar-refractivity contribution in [3.8, 4) is 0 Å². The number of carbonyl (C=O) groups excluding carboxylic acids is 1. The zero-order valence-electron chi connectivity index (χ0n) is 10.2. The van der Waals surface area contributed by atoms with Gasteiger partial charge in [0.1, 0.15) is 17.7 Å². The minimum absolute atomic E-state index is 0.103. The maximum absolute atomic E-state index is 13.3. The Hall–Kier alpha value is -1.63. The number of rotatable bonds is 6. The van der Waals surface area contributed by atoms with Gasteiger partial charge in [-0.2, -0.15) is 11.8 Å². The fourth-order valence-corrected chi connectivity index (χ4v) is 2.38. The molecule has 0 aliphatic heterocycles. The van der Waals surface area contributed by atoms with Crippen molar-refractivity contribution in [3.05, 3.63) is 35.4 Å². The highest BCUT2D eigenvalue weighted by Crippen LogP contribution is 2.17. The Morgan fingerprint density at radius 1 is 1.42 bits per heavy atom. The summed E-state index contributed by atoms with van der Waals surface area (Å²) < 4.78 is 26.0. The van der Waals surface area contributed by atoms with Crippen LogP contribution in [-0.2, 0) is 15.3 Å². The van der Waals surface area contributed by atoms with E-state index < -0.39 is 29.6 Å². The van der Waals surface area contributed by atoms with Gasteiger partial charge in [0.25, 0.3) is 0 Å². The van der Waals surface area contributed by atoms with Crippen LogP contribution < -0.4 is 5.32 Å². The molecule has 4 nitrogen and oxygen atoms in total. The maximum Gasteiger partial charge on any atom is 0.327 e. The monoisotopic (exact) mass is 289 g/mol. The van der Waals surface area contributed by atoms with Crippen LogP contribution in [0.2, 0.25) is 0 Å². The van der Waals surface area contributed by atoms with Crippen molar-refractivity contribution in [3.63, 3.8) is 0 Å². The van der Waals surface area contributed by atoms with E-state index in [9.17, 15) is 18.4 Å². The van der Waals surface area contributed by atoms with Crippen LogP contribution in [-0.4, -0.2) is 28.8 Å². The van der Waals surface area contributed by atoms with Gasteiger partial charge in [-0.3, -0.25) is 4.79 Å². The molecule has 0 unspecified atom stereocenters. The van der Waals surface area contributed by atoms with Crippen molar-refractivity contribution in [2.45, 2.75) is 18.7 Å². The Morgan fingerprint density at radius 3 is 2.63 bits per heavy atom. The minimum Gasteiger partial charge on any atom is -0.480 e. The molecule has 0 saturated heterocycles. The van der Waals surface area contributed by atoms with Gasteiger partial charge in [-0.25, -0.2) is 13.6 Å². The van der Waals surface area contributed by atoms with Crippen LogP contribution in [0.3, 0.4) is 0 Å². The summed E-state index contributed by atoms with van der Waals surface area (Å²) in [6, 6.07) is 2.21. The molecule has 1 amide bonds. The number of carboxylic acid groups (broad SMARTS) is 1. The summed E-state index contributed by atoms with van der Waals surface area (Å²) in [5, 5.41) is 11.1.